The number of piperidine rings is 2. The van der Waals surface area contributed by atoms with Crippen LogP contribution in [0.2, 0.25) is 0 Å². The Bertz CT molecular complexity index is 1090. The van der Waals surface area contributed by atoms with Crippen LogP contribution in [0.25, 0.3) is 0 Å². The minimum atomic E-state index is -1.14. The van der Waals surface area contributed by atoms with Gasteiger partial charge in [0.15, 0.2) is 0 Å². The number of likely N-dealkylation sites (tertiary alicyclic amines) is 2. The van der Waals surface area contributed by atoms with Gasteiger partial charge in [0.05, 0.1) is 0 Å². The van der Waals surface area contributed by atoms with Crippen molar-refractivity contribution in [2.75, 3.05) is 13.1 Å². The molecule has 2 aromatic carbocycles. The second-order valence-corrected chi connectivity index (χ2v) is 10.7. The van der Waals surface area contributed by atoms with Crippen molar-refractivity contribution in [2.24, 2.45) is 11.8 Å². The molecule has 4 unspecified atom stereocenters. The Hall–Kier alpha value is -4.22. The van der Waals surface area contributed by atoms with Crippen molar-refractivity contribution in [3.63, 3.8) is 0 Å². The van der Waals surface area contributed by atoms with Crippen molar-refractivity contribution in [3.8, 4) is 0 Å². The van der Waals surface area contributed by atoms with E-state index in [2.05, 4.69) is 0 Å². The molecule has 0 N–H and O–H groups in total. The summed E-state index contributed by atoms with van der Waals surface area (Å²) in [5, 5.41) is 23.5. The summed E-state index contributed by atoms with van der Waals surface area (Å²) in [5.74, 6) is 0.144. The van der Waals surface area contributed by atoms with Gasteiger partial charge in [-0.05, 0) is 35.8 Å². The van der Waals surface area contributed by atoms with Crippen LogP contribution in [0.5, 0.6) is 0 Å². The van der Waals surface area contributed by atoms with Gasteiger partial charge in [0.1, 0.15) is 13.2 Å². The Kier molecular flexibility index (Phi) is 10.5. The Labute approximate surface area is 238 Å². The van der Waals surface area contributed by atoms with Crippen molar-refractivity contribution in [2.45, 2.75) is 70.5 Å². The molecule has 220 valence electrons. The first-order chi connectivity index (χ1) is 19.8. The van der Waals surface area contributed by atoms with E-state index < -0.39 is 34.4 Å². The number of benzene rings is 2. The zero-order valence-corrected chi connectivity index (χ0v) is 22.9. The fraction of sp³-hybridized carbons (Fsp3) is 0.517. The minimum absolute atomic E-state index is 0.0543. The molecule has 2 saturated heterocycles. The zero-order chi connectivity index (χ0) is 29.2. The summed E-state index contributed by atoms with van der Waals surface area (Å²) < 4.78 is 10.7. The first-order valence-electron chi connectivity index (χ1n) is 14.0. The van der Waals surface area contributed by atoms with Crippen LogP contribution in [0.15, 0.2) is 60.7 Å². The number of hydrogen-bond acceptors (Lipinski definition) is 8. The van der Waals surface area contributed by atoms with E-state index >= 15 is 0 Å². The average Bonchev–Trinajstić information content (AvgIpc) is 2.99. The molecule has 4 rings (SSSR count). The second kappa shape index (κ2) is 14.4. The Morgan fingerprint density at radius 2 is 1.10 bits per heavy atom. The summed E-state index contributed by atoms with van der Waals surface area (Å²) in [6, 6.07) is 18.3. The molecule has 12 nitrogen and oxygen atoms in total. The van der Waals surface area contributed by atoms with E-state index in [1.807, 2.05) is 60.7 Å². The molecular formula is C29H36N4O8. The molecule has 2 amide bonds. The summed E-state index contributed by atoms with van der Waals surface area (Å²) in [6.07, 6.45) is 0.348. The number of ether oxygens (including phenoxy) is 2. The molecule has 0 spiro atoms. The third-order valence-electron chi connectivity index (χ3n) is 7.96. The monoisotopic (exact) mass is 568 g/mol. The van der Waals surface area contributed by atoms with Crippen LogP contribution < -0.4 is 0 Å². The third kappa shape index (κ3) is 8.38. The highest BCUT2D eigenvalue weighted by molar-refractivity contribution is 5.68. The van der Waals surface area contributed by atoms with Gasteiger partial charge in [-0.1, -0.05) is 79.9 Å². The lowest BCUT2D eigenvalue weighted by Crippen LogP contribution is -2.50. The lowest BCUT2D eigenvalue weighted by atomic mass is 9.85. The van der Waals surface area contributed by atoms with Crippen LogP contribution in [0.3, 0.4) is 0 Å². The first-order valence-corrected chi connectivity index (χ1v) is 14.0. The van der Waals surface area contributed by atoms with E-state index in [0.29, 0.717) is 12.8 Å². The molecule has 2 aromatic rings. The van der Waals surface area contributed by atoms with E-state index in [-0.39, 0.29) is 51.0 Å². The van der Waals surface area contributed by atoms with Gasteiger partial charge in [0.2, 0.25) is 0 Å². The highest BCUT2D eigenvalue weighted by atomic mass is 16.6. The van der Waals surface area contributed by atoms with E-state index in [0.717, 1.165) is 30.4 Å². The number of carbonyl (C=O) groups is 2. The third-order valence-corrected chi connectivity index (χ3v) is 7.96. The van der Waals surface area contributed by atoms with Gasteiger partial charge in [-0.2, -0.15) is 0 Å². The molecule has 0 radical (unpaired) electrons. The standard InChI is InChI=1S/C29H36N4O8/c34-28(40-20-24-8-3-1-4-9-24)30-16-14-22(18-26(30)32(36)37)12-7-13-23-15-17-31(27(19-23)33(38)39)29(35)41-21-25-10-5-2-6-11-25/h1-6,8-11,22-23,26-27H,7,12-21H2. The van der Waals surface area contributed by atoms with Crippen molar-refractivity contribution in [1.29, 1.82) is 0 Å². The van der Waals surface area contributed by atoms with Gasteiger partial charge in [0, 0.05) is 35.8 Å². The summed E-state index contributed by atoms with van der Waals surface area (Å²) in [6.45, 7) is 0.602. The van der Waals surface area contributed by atoms with Crippen molar-refractivity contribution in [1.82, 2.24) is 9.80 Å². The van der Waals surface area contributed by atoms with Crippen LogP contribution in [0.1, 0.15) is 56.1 Å². The first kappa shape index (κ1) is 29.8. The molecule has 12 heteroatoms. The summed E-state index contributed by atoms with van der Waals surface area (Å²) in [5.41, 5.74) is 1.62. The second-order valence-electron chi connectivity index (χ2n) is 10.7. The predicted molar refractivity (Wildman–Crippen MR) is 148 cm³/mol. The Morgan fingerprint density at radius 3 is 1.46 bits per heavy atom. The predicted octanol–water partition coefficient (Wildman–Crippen LogP) is 5.46. The number of rotatable bonds is 10. The van der Waals surface area contributed by atoms with Crippen LogP contribution in [0, 0.1) is 32.1 Å². The molecule has 2 fully saturated rings. The van der Waals surface area contributed by atoms with Gasteiger partial charge in [0.25, 0.3) is 12.3 Å². The Morgan fingerprint density at radius 1 is 0.707 bits per heavy atom. The number of amides is 2. The van der Waals surface area contributed by atoms with Gasteiger partial charge in [-0.15, -0.1) is 0 Å². The van der Waals surface area contributed by atoms with Crippen molar-refractivity contribution in [3.05, 3.63) is 92.0 Å². The smallest absolute Gasteiger partial charge is 0.415 e. The highest BCUT2D eigenvalue weighted by Crippen LogP contribution is 2.32. The maximum absolute atomic E-state index is 12.6. The lowest BCUT2D eigenvalue weighted by molar-refractivity contribution is -0.551. The van der Waals surface area contributed by atoms with E-state index in [1.54, 1.807) is 0 Å². The van der Waals surface area contributed by atoms with Crippen molar-refractivity contribution < 1.29 is 28.9 Å². The molecular weight excluding hydrogens is 532 g/mol. The van der Waals surface area contributed by atoms with Gasteiger partial charge in [-0.25, -0.2) is 19.4 Å². The van der Waals surface area contributed by atoms with Crippen LogP contribution >= 0.6 is 0 Å². The molecule has 2 aliphatic rings. The van der Waals surface area contributed by atoms with Crippen LogP contribution in [0.4, 0.5) is 9.59 Å². The fourth-order valence-corrected chi connectivity index (χ4v) is 5.68. The number of nitro groups is 2. The molecule has 0 bridgehead atoms. The summed E-state index contributed by atoms with van der Waals surface area (Å²) >= 11 is 0. The van der Waals surface area contributed by atoms with E-state index in [9.17, 15) is 29.8 Å². The molecule has 4 atom stereocenters. The van der Waals surface area contributed by atoms with Gasteiger partial charge >= 0.3 is 12.2 Å². The molecule has 2 heterocycles. The summed E-state index contributed by atoms with van der Waals surface area (Å²) in [4.78, 5) is 50.3. The maximum atomic E-state index is 12.6. The number of hydrogen-bond donors (Lipinski definition) is 0. The normalized spacial score (nSPS) is 22.5. The molecule has 2 aliphatic heterocycles. The molecule has 0 saturated carbocycles. The fourth-order valence-electron chi connectivity index (χ4n) is 5.68. The molecule has 0 aliphatic carbocycles. The number of nitrogens with zero attached hydrogens (tertiary/aromatic N) is 4. The van der Waals surface area contributed by atoms with Gasteiger partial charge < -0.3 is 9.47 Å². The average molecular weight is 569 g/mol. The van der Waals surface area contributed by atoms with E-state index in [4.69, 9.17) is 9.47 Å². The highest BCUT2D eigenvalue weighted by Gasteiger charge is 2.41. The van der Waals surface area contributed by atoms with Crippen molar-refractivity contribution >= 4 is 12.2 Å². The molecule has 41 heavy (non-hydrogen) atoms. The lowest BCUT2D eigenvalue weighted by Gasteiger charge is -2.35. The number of carbonyl (C=O) groups excluding carboxylic acids is 2. The summed E-state index contributed by atoms with van der Waals surface area (Å²) in [7, 11) is 0. The van der Waals surface area contributed by atoms with E-state index in [1.165, 1.54) is 9.80 Å². The quantitative estimate of drug-likeness (QED) is 0.271. The van der Waals surface area contributed by atoms with Gasteiger partial charge in [-0.3, -0.25) is 20.2 Å². The minimum Gasteiger partial charge on any atom is -0.444 e. The maximum Gasteiger partial charge on any atom is 0.415 e. The van der Waals surface area contributed by atoms with Crippen LogP contribution in [-0.4, -0.2) is 57.3 Å². The Balaban J connectivity index is 1.21. The SMILES string of the molecule is O=C(OCc1ccccc1)N1CCC(CCCC2CCN(C(=O)OCc3ccccc3)C([N+](=O)[O-])C2)CC1[N+](=O)[O-]. The molecule has 0 aromatic heterocycles. The topological polar surface area (TPSA) is 145 Å². The largest absolute Gasteiger partial charge is 0.444 e. The zero-order valence-electron chi connectivity index (χ0n) is 22.9. The van der Waals surface area contributed by atoms with Crippen LogP contribution in [-0.2, 0) is 22.7 Å².